The number of aromatic nitrogens is 1. The maximum Gasteiger partial charge on any atom is 0.168 e. The molecule has 0 atom stereocenters. The van der Waals surface area contributed by atoms with Crippen LogP contribution in [0.1, 0.15) is 19.3 Å². The molecule has 1 aliphatic rings. The quantitative estimate of drug-likeness (QED) is 0.832. The second kappa shape index (κ2) is 4.96. The smallest absolute Gasteiger partial charge is 0.168 e. The topological polar surface area (TPSA) is 34.1 Å². The summed E-state index contributed by atoms with van der Waals surface area (Å²) in [5, 5.41) is 2.94. The average Bonchev–Trinajstić information content (AvgIpc) is 3.06. The summed E-state index contributed by atoms with van der Waals surface area (Å²) < 4.78 is 31.0. The molecule has 1 aliphatic carbocycles. The van der Waals surface area contributed by atoms with Gasteiger partial charge in [-0.15, -0.1) is 0 Å². The maximum absolute atomic E-state index is 13.3. The Balaban J connectivity index is 1.89. The number of hydrogen-bond donors (Lipinski definition) is 1. The van der Waals surface area contributed by atoms with Crippen molar-refractivity contribution >= 4 is 5.82 Å². The Hall–Kier alpha value is -1.23. The number of hydrogen-bond acceptors (Lipinski definition) is 3. The van der Waals surface area contributed by atoms with Crippen LogP contribution in [-0.4, -0.2) is 25.2 Å². The molecule has 1 aromatic rings. The van der Waals surface area contributed by atoms with E-state index >= 15 is 0 Å². The van der Waals surface area contributed by atoms with E-state index in [4.69, 9.17) is 4.74 Å². The van der Waals surface area contributed by atoms with Crippen LogP contribution in [0.25, 0.3) is 0 Å². The van der Waals surface area contributed by atoms with Gasteiger partial charge in [0.05, 0.1) is 6.20 Å². The Labute approximate surface area is 99.2 Å². The largest absolute Gasteiger partial charge is 0.385 e. The molecule has 94 valence electrons. The fourth-order valence-corrected chi connectivity index (χ4v) is 1.83. The van der Waals surface area contributed by atoms with E-state index in [1.807, 2.05) is 0 Å². The van der Waals surface area contributed by atoms with Crippen molar-refractivity contribution in [1.82, 2.24) is 4.98 Å². The predicted molar refractivity (Wildman–Crippen MR) is 60.8 cm³/mol. The third kappa shape index (κ3) is 3.12. The number of halogens is 2. The zero-order valence-electron chi connectivity index (χ0n) is 9.80. The van der Waals surface area contributed by atoms with Crippen molar-refractivity contribution < 1.29 is 13.5 Å². The van der Waals surface area contributed by atoms with Gasteiger partial charge in [0.15, 0.2) is 11.6 Å². The van der Waals surface area contributed by atoms with Gasteiger partial charge in [0.2, 0.25) is 0 Å². The van der Waals surface area contributed by atoms with Gasteiger partial charge in [0, 0.05) is 26.3 Å². The van der Waals surface area contributed by atoms with Gasteiger partial charge in [-0.3, -0.25) is 0 Å². The number of nitrogens with one attached hydrogen (secondary N) is 1. The molecule has 0 unspecified atom stereocenters. The first-order valence-corrected chi connectivity index (χ1v) is 5.69. The molecule has 1 saturated carbocycles. The van der Waals surface area contributed by atoms with E-state index in [0.717, 1.165) is 31.5 Å². The minimum absolute atomic E-state index is 0.120. The standard InChI is InChI=1S/C12H16F2N2O/c1-17-5-4-12(2-3-12)8-16-11-10(14)6-9(13)7-15-11/h6-7H,2-5,8H2,1H3,(H,15,16). The van der Waals surface area contributed by atoms with Crippen LogP contribution >= 0.6 is 0 Å². The van der Waals surface area contributed by atoms with Gasteiger partial charge in [-0.05, 0) is 24.7 Å². The van der Waals surface area contributed by atoms with Crippen LogP contribution in [0, 0.1) is 17.0 Å². The minimum Gasteiger partial charge on any atom is -0.385 e. The van der Waals surface area contributed by atoms with Gasteiger partial charge in [-0.25, -0.2) is 13.8 Å². The zero-order valence-corrected chi connectivity index (χ0v) is 9.80. The molecule has 0 amide bonds. The molecule has 0 aromatic carbocycles. The lowest BCUT2D eigenvalue weighted by molar-refractivity contribution is 0.175. The van der Waals surface area contributed by atoms with E-state index in [2.05, 4.69) is 10.3 Å². The minimum atomic E-state index is -0.659. The van der Waals surface area contributed by atoms with E-state index in [1.54, 1.807) is 7.11 Å². The highest BCUT2D eigenvalue weighted by Crippen LogP contribution is 2.48. The summed E-state index contributed by atoms with van der Waals surface area (Å²) in [5.41, 5.74) is 0.207. The summed E-state index contributed by atoms with van der Waals surface area (Å²) >= 11 is 0. The first-order chi connectivity index (χ1) is 8.15. The van der Waals surface area contributed by atoms with Crippen LogP contribution in [0.3, 0.4) is 0 Å². The predicted octanol–water partition coefficient (Wildman–Crippen LogP) is 2.59. The molecular weight excluding hydrogens is 226 g/mol. The van der Waals surface area contributed by atoms with Crippen LogP contribution in [-0.2, 0) is 4.74 Å². The first kappa shape index (κ1) is 12.2. The van der Waals surface area contributed by atoms with Gasteiger partial charge < -0.3 is 10.1 Å². The van der Waals surface area contributed by atoms with Crippen molar-refractivity contribution in [2.75, 3.05) is 25.6 Å². The van der Waals surface area contributed by atoms with Crippen molar-refractivity contribution in [3.8, 4) is 0 Å². The van der Waals surface area contributed by atoms with E-state index in [0.29, 0.717) is 13.2 Å². The van der Waals surface area contributed by atoms with Crippen LogP contribution < -0.4 is 5.32 Å². The molecule has 0 saturated heterocycles. The van der Waals surface area contributed by atoms with Crippen LogP contribution in [0.4, 0.5) is 14.6 Å². The summed E-state index contributed by atoms with van der Waals surface area (Å²) in [4.78, 5) is 3.70. The van der Waals surface area contributed by atoms with Gasteiger partial charge >= 0.3 is 0 Å². The summed E-state index contributed by atoms with van der Waals surface area (Å²) in [6.07, 6.45) is 4.21. The van der Waals surface area contributed by atoms with Crippen molar-refractivity contribution in [2.45, 2.75) is 19.3 Å². The Bertz CT molecular complexity index is 394. The molecule has 1 aromatic heterocycles. The van der Waals surface area contributed by atoms with Gasteiger partial charge in [0.25, 0.3) is 0 Å². The molecule has 1 heterocycles. The number of pyridine rings is 1. The fraction of sp³-hybridized carbons (Fsp3) is 0.583. The van der Waals surface area contributed by atoms with Crippen molar-refractivity contribution in [1.29, 1.82) is 0 Å². The molecule has 0 bridgehead atoms. The highest BCUT2D eigenvalue weighted by Gasteiger charge is 2.41. The third-order valence-electron chi connectivity index (χ3n) is 3.23. The second-order valence-electron chi connectivity index (χ2n) is 4.58. The van der Waals surface area contributed by atoms with Crippen LogP contribution in [0.2, 0.25) is 0 Å². The molecule has 2 rings (SSSR count). The summed E-state index contributed by atoms with van der Waals surface area (Å²) in [6.45, 7) is 1.37. The lowest BCUT2D eigenvalue weighted by Gasteiger charge is -2.16. The monoisotopic (exact) mass is 242 g/mol. The number of anilines is 1. The van der Waals surface area contributed by atoms with Gasteiger partial charge in [0.1, 0.15) is 5.82 Å². The Morgan fingerprint density at radius 3 is 2.82 bits per heavy atom. The second-order valence-corrected chi connectivity index (χ2v) is 4.58. The summed E-state index contributed by atoms with van der Waals surface area (Å²) in [7, 11) is 1.67. The molecule has 1 fully saturated rings. The molecule has 17 heavy (non-hydrogen) atoms. The van der Waals surface area contributed by atoms with E-state index in [-0.39, 0.29) is 11.2 Å². The van der Waals surface area contributed by atoms with Crippen molar-refractivity contribution in [2.24, 2.45) is 5.41 Å². The Morgan fingerprint density at radius 1 is 1.47 bits per heavy atom. The van der Waals surface area contributed by atoms with Crippen LogP contribution in [0.15, 0.2) is 12.3 Å². The van der Waals surface area contributed by atoms with E-state index in [9.17, 15) is 8.78 Å². The normalized spacial score (nSPS) is 16.9. The lowest BCUT2D eigenvalue weighted by Crippen LogP contribution is -2.18. The van der Waals surface area contributed by atoms with Gasteiger partial charge in [-0.1, -0.05) is 0 Å². The Morgan fingerprint density at radius 2 is 2.24 bits per heavy atom. The number of rotatable bonds is 6. The average molecular weight is 242 g/mol. The number of nitrogens with zero attached hydrogens (tertiary/aromatic N) is 1. The first-order valence-electron chi connectivity index (χ1n) is 5.69. The Kier molecular flexibility index (Phi) is 3.57. The maximum atomic E-state index is 13.3. The number of methoxy groups -OCH3 is 1. The third-order valence-corrected chi connectivity index (χ3v) is 3.23. The molecule has 0 aliphatic heterocycles. The molecular formula is C12H16F2N2O. The molecule has 5 heteroatoms. The molecule has 0 radical (unpaired) electrons. The number of ether oxygens (including phenoxy) is 1. The van der Waals surface area contributed by atoms with E-state index < -0.39 is 11.6 Å². The fourth-order valence-electron chi connectivity index (χ4n) is 1.83. The van der Waals surface area contributed by atoms with Crippen molar-refractivity contribution in [3.63, 3.8) is 0 Å². The van der Waals surface area contributed by atoms with Crippen molar-refractivity contribution in [3.05, 3.63) is 23.9 Å². The highest BCUT2D eigenvalue weighted by atomic mass is 19.1. The molecule has 0 spiro atoms. The SMILES string of the molecule is COCCC1(CNc2ncc(F)cc2F)CC1. The van der Waals surface area contributed by atoms with Crippen LogP contribution in [0.5, 0.6) is 0 Å². The van der Waals surface area contributed by atoms with E-state index in [1.165, 1.54) is 0 Å². The molecule has 1 N–H and O–H groups in total. The zero-order chi connectivity index (χ0) is 12.3. The van der Waals surface area contributed by atoms with Gasteiger partial charge in [-0.2, -0.15) is 0 Å². The molecule has 3 nitrogen and oxygen atoms in total. The lowest BCUT2D eigenvalue weighted by atomic mass is 10.0. The highest BCUT2D eigenvalue weighted by molar-refractivity contribution is 5.36. The summed E-state index contributed by atoms with van der Waals surface area (Å²) in [5.74, 6) is -1.18. The summed E-state index contributed by atoms with van der Waals surface area (Å²) in [6, 6.07) is 0.837.